The first-order chi connectivity index (χ1) is 16.4. The molecule has 2 fully saturated rings. The maximum atomic E-state index is 13.0. The van der Waals surface area contributed by atoms with E-state index in [0.717, 1.165) is 73.9 Å². The Bertz CT molecular complexity index is 1080. The molecule has 2 bridgehead atoms. The topological polar surface area (TPSA) is 35.5 Å². The predicted octanol–water partition coefficient (Wildman–Crippen LogP) is 4.60. The first-order valence-corrected chi connectivity index (χ1v) is 11.6. The molecule has 2 unspecified atom stereocenters. The van der Waals surface area contributed by atoms with E-state index < -0.39 is 11.7 Å². The third-order valence-corrected chi connectivity index (χ3v) is 6.71. The highest BCUT2D eigenvalue weighted by Gasteiger charge is 2.36. The molecule has 0 spiro atoms. The van der Waals surface area contributed by atoms with Crippen LogP contribution in [0.15, 0.2) is 60.9 Å². The van der Waals surface area contributed by atoms with Gasteiger partial charge in [0.1, 0.15) is 0 Å². The quantitative estimate of drug-likeness (QED) is 0.560. The molecule has 5 rings (SSSR count). The molecule has 8 heteroatoms. The summed E-state index contributed by atoms with van der Waals surface area (Å²) in [5, 5.41) is 0. The summed E-state index contributed by atoms with van der Waals surface area (Å²) < 4.78 is 38.9. The van der Waals surface area contributed by atoms with Crippen molar-refractivity contribution in [3.8, 4) is 11.4 Å². The van der Waals surface area contributed by atoms with Gasteiger partial charge in [0, 0.05) is 58.2 Å². The number of aromatic nitrogens is 2. The standard InChI is InChI=1S/C26H28F3N5/c1-19-2-8-23(30-16-19)24-9-3-20(17-31-24)18-32-10-12-33-14-15-34(13-11-32)25(33)21-4-6-22(7-5-21)26(27,28)29/h2-9,16-17,25H,10-15,18H2,1H3. The van der Waals surface area contributed by atoms with Crippen LogP contribution >= 0.6 is 0 Å². The minimum absolute atomic E-state index is 0.0485. The van der Waals surface area contributed by atoms with Gasteiger partial charge in [0.2, 0.25) is 0 Å². The van der Waals surface area contributed by atoms with Crippen LogP contribution < -0.4 is 0 Å². The van der Waals surface area contributed by atoms with E-state index >= 15 is 0 Å². The maximum absolute atomic E-state index is 13.0. The lowest BCUT2D eigenvalue weighted by atomic mass is 10.1. The van der Waals surface area contributed by atoms with Gasteiger partial charge in [-0.1, -0.05) is 24.3 Å². The van der Waals surface area contributed by atoms with Crippen LogP contribution in [-0.2, 0) is 12.7 Å². The molecule has 0 N–H and O–H groups in total. The lowest BCUT2D eigenvalue weighted by Gasteiger charge is -2.36. The summed E-state index contributed by atoms with van der Waals surface area (Å²) in [6, 6.07) is 13.8. The average molecular weight is 468 g/mol. The summed E-state index contributed by atoms with van der Waals surface area (Å²) >= 11 is 0. The molecular weight excluding hydrogens is 439 g/mol. The third kappa shape index (κ3) is 4.99. The molecule has 1 aromatic carbocycles. The van der Waals surface area contributed by atoms with E-state index in [1.165, 1.54) is 12.1 Å². The summed E-state index contributed by atoms with van der Waals surface area (Å²) in [5.41, 5.74) is 4.36. The number of rotatable bonds is 4. The molecule has 2 aliphatic heterocycles. The van der Waals surface area contributed by atoms with Crippen LogP contribution in [-0.4, -0.2) is 63.9 Å². The minimum atomic E-state index is -4.30. The Morgan fingerprint density at radius 2 is 1.35 bits per heavy atom. The Morgan fingerprint density at radius 1 is 0.765 bits per heavy atom. The molecule has 2 saturated heterocycles. The van der Waals surface area contributed by atoms with E-state index in [1.54, 1.807) is 12.1 Å². The third-order valence-electron chi connectivity index (χ3n) is 6.71. The first kappa shape index (κ1) is 23.0. The van der Waals surface area contributed by atoms with E-state index in [0.29, 0.717) is 0 Å². The highest BCUT2D eigenvalue weighted by Crippen LogP contribution is 2.34. The molecule has 2 aliphatic rings. The number of hydrogen-bond acceptors (Lipinski definition) is 5. The van der Waals surface area contributed by atoms with Gasteiger partial charge in [-0.25, -0.2) is 0 Å². The Morgan fingerprint density at radius 3 is 1.88 bits per heavy atom. The van der Waals surface area contributed by atoms with Gasteiger partial charge in [0.25, 0.3) is 0 Å². The van der Waals surface area contributed by atoms with Crippen LogP contribution in [0.5, 0.6) is 0 Å². The van der Waals surface area contributed by atoms with E-state index in [1.807, 2.05) is 37.5 Å². The number of aryl methyl sites for hydroxylation is 1. The van der Waals surface area contributed by atoms with Gasteiger partial charge in [0.05, 0.1) is 23.1 Å². The Balaban J connectivity index is 1.22. The maximum Gasteiger partial charge on any atom is 0.416 e. The molecule has 5 nitrogen and oxygen atoms in total. The molecule has 0 radical (unpaired) electrons. The zero-order valence-corrected chi connectivity index (χ0v) is 19.2. The van der Waals surface area contributed by atoms with Crippen LogP contribution in [0.25, 0.3) is 11.4 Å². The molecule has 0 saturated carbocycles. The highest BCUT2D eigenvalue weighted by molar-refractivity contribution is 5.53. The summed E-state index contributed by atoms with van der Waals surface area (Å²) in [6.07, 6.45) is -0.478. The van der Waals surface area contributed by atoms with Gasteiger partial charge in [-0.15, -0.1) is 0 Å². The van der Waals surface area contributed by atoms with Crippen molar-refractivity contribution in [3.63, 3.8) is 0 Å². The van der Waals surface area contributed by atoms with Gasteiger partial charge in [-0.3, -0.25) is 24.7 Å². The average Bonchev–Trinajstić information content (AvgIpc) is 3.26. The molecule has 0 aliphatic carbocycles. The molecule has 2 aromatic heterocycles. The van der Waals surface area contributed by atoms with E-state index in [4.69, 9.17) is 0 Å². The normalized spacial score (nSPS) is 23.5. The zero-order valence-electron chi connectivity index (χ0n) is 19.2. The number of nitrogens with zero attached hydrogens (tertiary/aromatic N) is 5. The Labute approximate surface area is 197 Å². The van der Waals surface area contributed by atoms with Gasteiger partial charge < -0.3 is 0 Å². The van der Waals surface area contributed by atoms with Gasteiger partial charge in [0.15, 0.2) is 0 Å². The fraction of sp³-hybridized carbons (Fsp3) is 0.385. The lowest BCUT2D eigenvalue weighted by molar-refractivity contribution is -0.137. The number of pyridine rings is 2. The number of hydrogen-bond donors (Lipinski definition) is 0. The van der Waals surface area contributed by atoms with Crippen molar-refractivity contribution in [1.29, 1.82) is 0 Å². The Kier molecular flexibility index (Phi) is 6.38. The van der Waals surface area contributed by atoms with Crippen molar-refractivity contribution in [2.45, 2.75) is 25.8 Å². The second-order valence-corrected chi connectivity index (χ2v) is 9.11. The highest BCUT2D eigenvalue weighted by atomic mass is 19.4. The van der Waals surface area contributed by atoms with Crippen LogP contribution in [0, 0.1) is 6.92 Å². The Hall–Kier alpha value is -2.81. The first-order valence-electron chi connectivity index (χ1n) is 11.6. The molecule has 0 amide bonds. The van der Waals surface area contributed by atoms with Crippen molar-refractivity contribution in [2.24, 2.45) is 0 Å². The molecule has 3 aromatic rings. The summed E-state index contributed by atoms with van der Waals surface area (Å²) in [6.45, 7) is 8.27. The van der Waals surface area contributed by atoms with Crippen LogP contribution in [0.4, 0.5) is 13.2 Å². The smallest absolute Gasteiger partial charge is 0.296 e. The summed E-state index contributed by atoms with van der Waals surface area (Å²) in [5.74, 6) is 0. The van der Waals surface area contributed by atoms with Gasteiger partial charge >= 0.3 is 6.18 Å². The van der Waals surface area contributed by atoms with Crippen molar-refractivity contribution >= 4 is 0 Å². The SMILES string of the molecule is Cc1ccc(-c2ccc(CN3CCN4CCN(CC3)C4c3ccc(C(F)(F)F)cc3)cn2)nc1. The van der Waals surface area contributed by atoms with Crippen LogP contribution in [0.1, 0.15) is 28.4 Å². The van der Waals surface area contributed by atoms with Crippen molar-refractivity contribution < 1.29 is 13.2 Å². The number of halogens is 3. The second-order valence-electron chi connectivity index (χ2n) is 9.11. The summed E-state index contributed by atoms with van der Waals surface area (Å²) in [7, 11) is 0. The summed E-state index contributed by atoms with van der Waals surface area (Å²) in [4.78, 5) is 16.2. The lowest BCUT2D eigenvalue weighted by Crippen LogP contribution is -2.43. The second kappa shape index (κ2) is 9.44. The van der Waals surface area contributed by atoms with Crippen molar-refractivity contribution in [3.05, 3.63) is 83.2 Å². The van der Waals surface area contributed by atoms with Crippen molar-refractivity contribution in [1.82, 2.24) is 24.7 Å². The van der Waals surface area contributed by atoms with E-state index in [2.05, 4.69) is 30.7 Å². The number of fused-ring (bicyclic) bond motifs is 2. The fourth-order valence-corrected chi connectivity index (χ4v) is 4.82. The van der Waals surface area contributed by atoms with E-state index in [9.17, 15) is 13.2 Å². The molecule has 34 heavy (non-hydrogen) atoms. The molecule has 178 valence electrons. The largest absolute Gasteiger partial charge is 0.416 e. The van der Waals surface area contributed by atoms with Crippen LogP contribution in [0.2, 0.25) is 0 Å². The predicted molar refractivity (Wildman–Crippen MR) is 125 cm³/mol. The molecular formula is C26H28F3N5. The van der Waals surface area contributed by atoms with Crippen LogP contribution in [0.3, 0.4) is 0 Å². The number of alkyl halides is 3. The molecule has 2 atom stereocenters. The fourth-order valence-electron chi connectivity index (χ4n) is 4.82. The molecule has 4 heterocycles. The number of benzene rings is 1. The minimum Gasteiger partial charge on any atom is -0.296 e. The van der Waals surface area contributed by atoms with E-state index in [-0.39, 0.29) is 6.17 Å². The van der Waals surface area contributed by atoms with Crippen molar-refractivity contribution in [2.75, 3.05) is 39.3 Å². The zero-order chi connectivity index (χ0) is 23.7. The monoisotopic (exact) mass is 467 g/mol. The van der Waals surface area contributed by atoms with Gasteiger partial charge in [-0.2, -0.15) is 13.2 Å². The van der Waals surface area contributed by atoms with Gasteiger partial charge in [-0.05, 0) is 47.9 Å².